The Morgan fingerprint density at radius 1 is 0.969 bits per heavy atom. The predicted molar refractivity (Wildman–Crippen MR) is 128 cm³/mol. The van der Waals surface area contributed by atoms with Crippen LogP contribution in [-0.2, 0) is 13.0 Å². The van der Waals surface area contributed by atoms with Crippen LogP contribution in [0.5, 0.6) is 0 Å². The third kappa shape index (κ3) is 5.95. The molecule has 1 saturated heterocycles. The van der Waals surface area contributed by atoms with Crippen LogP contribution in [0.3, 0.4) is 0 Å². The van der Waals surface area contributed by atoms with Gasteiger partial charge in [-0.2, -0.15) is 0 Å². The summed E-state index contributed by atoms with van der Waals surface area (Å²) in [7, 11) is 0. The molecule has 1 heterocycles. The van der Waals surface area contributed by atoms with Gasteiger partial charge in [-0.3, -0.25) is 4.90 Å². The van der Waals surface area contributed by atoms with Gasteiger partial charge >= 0.3 is 6.03 Å². The monoisotopic (exact) mass is 431 g/mol. The van der Waals surface area contributed by atoms with Crippen molar-refractivity contribution in [2.45, 2.75) is 32.7 Å². The maximum Gasteiger partial charge on any atom is 0.323 e. The fourth-order valence-corrected chi connectivity index (χ4v) is 4.43. The number of para-hydroxylation sites is 2. The first kappa shape index (κ1) is 22.0. The van der Waals surface area contributed by atoms with E-state index in [0.717, 1.165) is 55.0 Å². The maximum atomic E-state index is 13.2. The van der Waals surface area contributed by atoms with Crippen LogP contribution >= 0.6 is 0 Å². The molecule has 0 saturated carbocycles. The molecule has 3 aromatic carbocycles. The number of anilines is 2. The van der Waals surface area contributed by atoms with Gasteiger partial charge < -0.3 is 10.6 Å². The van der Waals surface area contributed by atoms with E-state index in [-0.39, 0.29) is 11.8 Å². The highest BCUT2D eigenvalue weighted by molar-refractivity contribution is 6.00. The third-order valence-corrected chi connectivity index (χ3v) is 6.09. The zero-order chi connectivity index (χ0) is 22.3. The minimum absolute atomic E-state index is 0.186. The minimum atomic E-state index is -0.236. The molecule has 1 atom stereocenters. The van der Waals surface area contributed by atoms with Crippen LogP contribution in [0.1, 0.15) is 29.5 Å². The van der Waals surface area contributed by atoms with E-state index in [4.69, 9.17) is 0 Å². The normalized spacial score (nSPS) is 16.5. The fourth-order valence-electron chi connectivity index (χ4n) is 4.43. The van der Waals surface area contributed by atoms with E-state index >= 15 is 0 Å². The van der Waals surface area contributed by atoms with Gasteiger partial charge in [0, 0.05) is 24.5 Å². The molecule has 0 aliphatic carbocycles. The largest absolute Gasteiger partial charge is 0.323 e. The number of carbonyl (C=O) groups is 1. The maximum absolute atomic E-state index is 13.2. The van der Waals surface area contributed by atoms with E-state index in [9.17, 15) is 9.18 Å². The van der Waals surface area contributed by atoms with Crippen LogP contribution in [0, 0.1) is 18.7 Å². The number of rotatable bonds is 6. The highest BCUT2D eigenvalue weighted by Gasteiger charge is 2.21. The van der Waals surface area contributed by atoms with Crippen LogP contribution in [0.15, 0.2) is 72.8 Å². The summed E-state index contributed by atoms with van der Waals surface area (Å²) in [5, 5.41) is 5.96. The van der Waals surface area contributed by atoms with E-state index in [1.165, 1.54) is 12.0 Å². The number of likely N-dealkylation sites (tertiary alicyclic amines) is 1. The predicted octanol–water partition coefficient (Wildman–Crippen LogP) is 6.23. The summed E-state index contributed by atoms with van der Waals surface area (Å²) in [6, 6.07) is 22.4. The molecule has 5 heteroatoms. The Morgan fingerprint density at radius 3 is 2.44 bits per heavy atom. The lowest BCUT2D eigenvalue weighted by atomic mass is 9.91. The summed E-state index contributed by atoms with van der Waals surface area (Å²) in [6.07, 6.45) is 3.30. The van der Waals surface area contributed by atoms with Gasteiger partial charge in [0.25, 0.3) is 0 Å². The number of halogens is 1. The molecular weight excluding hydrogens is 401 g/mol. The summed E-state index contributed by atoms with van der Waals surface area (Å²) in [6.45, 7) is 4.81. The molecule has 0 bridgehead atoms. The molecular formula is C27H30FN3O. The first-order valence-corrected chi connectivity index (χ1v) is 11.2. The number of hydrogen-bond acceptors (Lipinski definition) is 2. The van der Waals surface area contributed by atoms with Crippen molar-refractivity contribution in [1.82, 2.24) is 4.90 Å². The van der Waals surface area contributed by atoms with Crippen molar-refractivity contribution in [2.75, 3.05) is 23.7 Å². The molecule has 3 aromatic rings. The highest BCUT2D eigenvalue weighted by Crippen LogP contribution is 2.25. The van der Waals surface area contributed by atoms with Crippen molar-refractivity contribution < 1.29 is 9.18 Å². The smallest absolute Gasteiger partial charge is 0.307 e. The summed E-state index contributed by atoms with van der Waals surface area (Å²) >= 11 is 0. The molecule has 1 aliphatic heterocycles. The van der Waals surface area contributed by atoms with Gasteiger partial charge in [0.2, 0.25) is 0 Å². The summed E-state index contributed by atoms with van der Waals surface area (Å²) in [4.78, 5) is 15.1. The number of carbonyl (C=O) groups excluding carboxylic acids is 1. The van der Waals surface area contributed by atoms with Gasteiger partial charge in [0.15, 0.2) is 0 Å². The number of hydrogen-bond donors (Lipinski definition) is 2. The van der Waals surface area contributed by atoms with Crippen LogP contribution in [0.2, 0.25) is 0 Å². The lowest BCUT2D eigenvalue weighted by Crippen LogP contribution is -2.36. The third-order valence-electron chi connectivity index (χ3n) is 6.09. The molecule has 166 valence electrons. The van der Waals surface area contributed by atoms with E-state index in [1.54, 1.807) is 12.1 Å². The molecule has 2 N–H and O–H groups in total. The molecule has 32 heavy (non-hydrogen) atoms. The summed E-state index contributed by atoms with van der Waals surface area (Å²) in [5.74, 6) is 0.369. The zero-order valence-electron chi connectivity index (χ0n) is 18.5. The minimum Gasteiger partial charge on any atom is -0.307 e. The Labute approximate surface area is 189 Å². The Balaban J connectivity index is 1.37. The van der Waals surface area contributed by atoms with Gasteiger partial charge in [0.05, 0.1) is 0 Å². The average Bonchev–Trinajstić information content (AvgIpc) is 2.79. The fraction of sp³-hybridized carbons (Fsp3) is 0.296. The van der Waals surface area contributed by atoms with Gasteiger partial charge in [0.1, 0.15) is 5.82 Å². The average molecular weight is 432 g/mol. The lowest BCUT2D eigenvalue weighted by Gasteiger charge is -2.33. The van der Waals surface area contributed by atoms with Crippen molar-refractivity contribution in [2.24, 2.45) is 5.92 Å². The molecule has 4 rings (SSSR count). The molecule has 0 unspecified atom stereocenters. The van der Waals surface area contributed by atoms with Crippen molar-refractivity contribution in [3.63, 3.8) is 0 Å². The van der Waals surface area contributed by atoms with Gasteiger partial charge in [-0.15, -0.1) is 0 Å². The Hall–Kier alpha value is -3.18. The van der Waals surface area contributed by atoms with Crippen molar-refractivity contribution >= 4 is 17.4 Å². The van der Waals surface area contributed by atoms with Crippen LogP contribution in [0.4, 0.5) is 20.6 Å². The number of nitrogens with zero attached hydrogens (tertiary/aromatic N) is 1. The molecule has 0 radical (unpaired) electrons. The molecule has 1 fully saturated rings. The van der Waals surface area contributed by atoms with E-state index in [1.807, 2.05) is 61.5 Å². The SMILES string of the molecule is Cc1ccccc1NC(=O)Nc1ccccc1CN1CCC[C@@H](Cc2ccc(F)cc2)C1. The lowest BCUT2D eigenvalue weighted by molar-refractivity contribution is 0.167. The number of aryl methyl sites for hydroxylation is 1. The van der Waals surface area contributed by atoms with E-state index in [0.29, 0.717) is 5.92 Å². The highest BCUT2D eigenvalue weighted by atomic mass is 19.1. The first-order chi connectivity index (χ1) is 15.6. The standard InChI is InChI=1S/C27H30FN3O/c1-20-7-2-4-10-25(20)29-27(32)30-26-11-5-3-9-23(26)19-31-16-6-8-22(18-31)17-21-12-14-24(28)15-13-21/h2-5,7,9-15,22H,6,8,16-19H2,1H3,(H2,29,30,32)/t22-/m0/s1. The summed E-state index contributed by atoms with van der Waals surface area (Å²) in [5.41, 5.74) is 4.96. The van der Waals surface area contributed by atoms with Crippen molar-refractivity contribution in [3.05, 3.63) is 95.3 Å². The number of piperidine rings is 1. The van der Waals surface area contributed by atoms with E-state index in [2.05, 4.69) is 21.6 Å². The Bertz CT molecular complexity index is 1050. The van der Waals surface area contributed by atoms with Crippen molar-refractivity contribution in [1.29, 1.82) is 0 Å². The topological polar surface area (TPSA) is 44.4 Å². The van der Waals surface area contributed by atoms with Gasteiger partial charge in [-0.25, -0.2) is 9.18 Å². The van der Waals surface area contributed by atoms with Crippen LogP contribution < -0.4 is 10.6 Å². The second kappa shape index (κ2) is 10.4. The number of nitrogens with one attached hydrogen (secondary N) is 2. The quantitative estimate of drug-likeness (QED) is 0.486. The van der Waals surface area contributed by atoms with Crippen LogP contribution in [0.25, 0.3) is 0 Å². The molecule has 1 aliphatic rings. The van der Waals surface area contributed by atoms with Crippen molar-refractivity contribution in [3.8, 4) is 0 Å². The molecule has 0 spiro atoms. The second-order valence-corrected chi connectivity index (χ2v) is 8.63. The number of urea groups is 1. The number of benzene rings is 3. The second-order valence-electron chi connectivity index (χ2n) is 8.63. The Kier molecular flexibility index (Phi) is 7.17. The number of amides is 2. The molecule has 0 aromatic heterocycles. The first-order valence-electron chi connectivity index (χ1n) is 11.2. The van der Waals surface area contributed by atoms with E-state index < -0.39 is 0 Å². The summed E-state index contributed by atoms with van der Waals surface area (Å²) < 4.78 is 13.2. The Morgan fingerprint density at radius 2 is 1.66 bits per heavy atom. The van der Waals surface area contributed by atoms with Gasteiger partial charge in [-0.05, 0) is 79.6 Å². The molecule has 2 amide bonds. The van der Waals surface area contributed by atoms with Crippen LogP contribution in [-0.4, -0.2) is 24.0 Å². The van der Waals surface area contributed by atoms with Gasteiger partial charge in [-0.1, -0.05) is 48.5 Å². The molecule has 4 nitrogen and oxygen atoms in total. The zero-order valence-corrected chi connectivity index (χ0v) is 18.5.